The number of benzene rings is 4. The van der Waals surface area contributed by atoms with Gasteiger partial charge in [0.2, 0.25) is 0 Å². The van der Waals surface area contributed by atoms with Gasteiger partial charge in [-0.2, -0.15) is 0 Å². The van der Waals surface area contributed by atoms with E-state index in [4.69, 9.17) is 4.99 Å². The predicted molar refractivity (Wildman–Crippen MR) is 184 cm³/mol. The highest BCUT2D eigenvalue weighted by Crippen LogP contribution is 2.31. The lowest BCUT2D eigenvalue weighted by Crippen LogP contribution is -2.30. The summed E-state index contributed by atoms with van der Waals surface area (Å²) in [6.45, 7) is 20.6. The lowest BCUT2D eigenvalue weighted by molar-refractivity contribution is 0.791. The molecule has 0 aliphatic rings. The zero-order valence-electron chi connectivity index (χ0n) is 26.6. The Hall–Kier alpha value is -4.44. The van der Waals surface area contributed by atoms with Crippen LogP contribution in [0.25, 0.3) is 45.8 Å². The zero-order chi connectivity index (χ0) is 31.0. The van der Waals surface area contributed by atoms with Crippen molar-refractivity contribution in [3.05, 3.63) is 134 Å². The summed E-state index contributed by atoms with van der Waals surface area (Å²) in [5, 5.41) is 2.96. The largest absolute Gasteiger partial charge is 0.463 e. The predicted octanol–water partition coefficient (Wildman–Crippen LogP) is 8.46. The molecule has 5 aromatic rings. The van der Waals surface area contributed by atoms with Gasteiger partial charge in [0.25, 0.3) is 0 Å². The fourth-order valence-corrected chi connectivity index (χ4v) is 6.50. The minimum Gasteiger partial charge on any atom is -0.341 e. The molecule has 2 nitrogen and oxygen atoms in total. The number of pyridine rings is 1. The topological polar surface area (TPSA) is 17.3 Å². The van der Waals surface area contributed by atoms with Crippen molar-refractivity contribution in [2.24, 2.45) is 4.99 Å². The van der Waals surface area contributed by atoms with Crippen LogP contribution < -0.4 is 15.9 Å². The third-order valence-corrected chi connectivity index (χ3v) is 8.17. The van der Waals surface area contributed by atoms with Crippen LogP contribution >= 0.6 is 0 Å². The number of hydrogen-bond acceptors (Lipinski definition) is 1. The first kappa shape index (κ1) is 30.0. The third kappa shape index (κ3) is 6.20. The first-order valence-corrected chi connectivity index (χ1v) is 14.9. The van der Waals surface area contributed by atoms with E-state index in [0.717, 1.165) is 32.6 Å². The molecule has 0 spiro atoms. The molecule has 0 atom stereocenters. The van der Waals surface area contributed by atoms with Crippen LogP contribution in [0.5, 0.6) is 0 Å². The summed E-state index contributed by atoms with van der Waals surface area (Å²) < 4.78 is 16.8. The molecule has 1 aromatic heterocycles. The molecule has 5 rings (SSSR count). The van der Waals surface area contributed by atoms with E-state index in [1.54, 1.807) is 11.3 Å². The highest BCUT2D eigenvalue weighted by Gasteiger charge is 2.15. The van der Waals surface area contributed by atoms with Crippen LogP contribution in [0.1, 0.15) is 40.3 Å². The van der Waals surface area contributed by atoms with Gasteiger partial charge in [-0.05, 0) is 152 Å². The Morgan fingerprint density at radius 2 is 1.28 bits per heavy atom. The van der Waals surface area contributed by atoms with Gasteiger partial charge in [0.1, 0.15) is 5.49 Å². The standard InChI is InChI=1S/C39H40BFN2/c1-24-18-27(4)38(28(5)19-24)34-12-10-26(3)32(22-34)13-11-31(8)42-37-17-15-33-23-35(14-16-36(33)43(37)40(9)41)39-29(6)20-25(2)21-30(39)7/h10-23H,3H2,1-2,4-9H3/b31-11+,32-13-,42-37?. The molecule has 0 aliphatic carbocycles. The van der Waals surface area contributed by atoms with E-state index in [9.17, 15) is 0 Å². The van der Waals surface area contributed by atoms with E-state index in [0.29, 0.717) is 5.49 Å². The van der Waals surface area contributed by atoms with E-state index < -0.39 is 7.12 Å². The second-order valence-corrected chi connectivity index (χ2v) is 12.0. The van der Waals surface area contributed by atoms with Crippen LogP contribution in [-0.4, -0.2) is 11.6 Å². The van der Waals surface area contributed by atoms with E-state index in [2.05, 4.69) is 103 Å². The molecule has 4 heteroatoms. The monoisotopic (exact) mass is 566 g/mol. The molecule has 0 saturated heterocycles. The Balaban J connectivity index is 1.57. The number of nitrogens with zero attached hydrogens (tertiary/aromatic N) is 2. The van der Waals surface area contributed by atoms with E-state index in [1.165, 1.54) is 50.1 Å². The molecule has 43 heavy (non-hydrogen) atoms. The Morgan fingerprint density at radius 3 is 1.84 bits per heavy atom. The molecule has 0 N–H and O–H groups in total. The second kappa shape index (κ2) is 12.0. The van der Waals surface area contributed by atoms with Crippen molar-refractivity contribution in [3.8, 4) is 22.3 Å². The van der Waals surface area contributed by atoms with Crippen LogP contribution in [0.4, 0.5) is 4.32 Å². The van der Waals surface area contributed by atoms with Gasteiger partial charge in [-0.25, -0.2) is 4.99 Å². The van der Waals surface area contributed by atoms with Gasteiger partial charge in [0.05, 0.1) is 0 Å². The molecule has 0 aliphatic heterocycles. The summed E-state index contributed by atoms with van der Waals surface area (Å²) >= 11 is 0. The summed E-state index contributed by atoms with van der Waals surface area (Å²) in [7, 11) is -1.24. The number of halogens is 1. The minimum absolute atomic E-state index is 0.578. The summed E-state index contributed by atoms with van der Waals surface area (Å²) in [5.74, 6) is 0. The fraction of sp³-hybridized carbons (Fsp3) is 0.205. The quantitative estimate of drug-likeness (QED) is 0.190. The molecule has 0 radical (unpaired) electrons. The molecule has 0 unspecified atom stereocenters. The number of rotatable bonds is 5. The smallest absolute Gasteiger partial charge is 0.341 e. The van der Waals surface area contributed by atoms with Gasteiger partial charge in [-0.15, -0.1) is 0 Å². The van der Waals surface area contributed by atoms with E-state index in [-0.39, 0.29) is 0 Å². The lowest BCUT2D eigenvalue weighted by Gasteiger charge is -2.15. The number of aryl methyl sites for hydroxylation is 6. The summed E-state index contributed by atoms with van der Waals surface area (Å²) in [5.41, 5.74) is 14.5. The van der Waals surface area contributed by atoms with Gasteiger partial charge in [-0.3, -0.25) is 0 Å². The van der Waals surface area contributed by atoms with Crippen molar-refractivity contribution in [2.75, 3.05) is 0 Å². The molecular formula is C39H40BFN2. The number of fused-ring (bicyclic) bond motifs is 1. The molecule has 216 valence electrons. The summed E-state index contributed by atoms with van der Waals surface area (Å²) in [6.07, 6.45) is 4.03. The third-order valence-electron chi connectivity index (χ3n) is 8.17. The lowest BCUT2D eigenvalue weighted by atomic mass is 9.89. The average molecular weight is 567 g/mol. The van der Waals surface area contributed by atoms with Gasteiger partial charge in [0, 0.05) is 11.2 Å². The first-order chi connectivity index (χ1) is 20.4. The summed E-state index contributed by atoms with van der Waals surface area (Å²) in [6, 6.07) is 25.5. The Bertz CT molecular complexity index is 2050. The van der Waals surface area contributed by atoms with Crippen molar-refractivity contribution in [2.45, 2.75) is 55.3 Å². The highest BCUT2D eigenvalue weighted by molar-refractivity contribution is 6.48. The highest BCUT2D eigenvalue weighted by atomic mass is 19.1. The molecular weight excluding hydrogens is 526 g/mol. The molecule has 0 bridgehead atoms. The minimum atomic E-state index is -1.24. The molecule has 0 amide bonds. The van der Waals surface area contributed by atoms with E-state index in [1.807, 2.05) is 37.3 Å². The maximum Gasteiger partial charge on any atom is 0.463 e. The van der Waals surface area contributed by atoms with Gasteiger partial charge < -0.3 is 8.79 Å². The van der Waals surface area contributed by atoms with Crippen LogP contribution in [0.15, 0.2) is 89.6 Å². The molecule has 4 aromatic carbocycles. The van der Waals surface area contributed by atoms with Crippen LogP contribution in [-0.2, 0) is 0 Å². The maximum atomic E-state index is 15.1. The summed E-state index contributed by atoms with van der Waals surface area (Å²) in [4.78, 5) is 4.84. The van der Waals surface area contributed by atoms with Gasteiger partial charge in [0.15, 0.2) is 0 Å². The fourth-order valence-electron chi connectivity index (χ4n) is 6.50. The number of allylic oxidation sites excluding steroid dienone is 2. The average Bonchev–Trinajstić information content (AvgIpc) is 2.91. The van der Waals surface area contributed by atoms with Crippen LogP contribution in [0.2, 0.25) is 6.82 Å². The Kier molecular flexibility index (Phi) is 8.42. The van der Waals surface area contributed by atoms with Crippen molar-refractivity contribution < 1.29 is 4.32 Å². The number of hydrogen-bond donors (Lipinski definition) is 0. The molecule has 0 fully saturated rings. The Morgan fingerprint density at radius 1 is 0.744 bits per heavy atom. The van der Waals surface area contributed by atoms with Crippen molar-refractivity contribution in [3.63, 3.8) is 0 Å². The maximum absolute atomic E-state index is 15.1. The Labute approximate surface area is 255 Å². The van der Waals surface area contributed by atoms with Gasteiger partial charge in [-0.1, -0.05) is 66.2 Å². The van der Waals surface area contributed by atoms with Crippen LogP contribution in [0, 0.1) is 41.5 Å². The number of aromatic nitrogens is 1. The van der Waals surface area contributed by atoms with Crippen molar-refractivity contribution >= 4 is 30.7 Å². The molecule has 0 saturated carbocycles. The molecule has 1 heterocycles. The van der Waals surface area contributed by atoms with Gasteiger partial charge >= 0.3 is 7.12 Å². The van der Waals surface area contributed by atoms with Crippen molar-refractivity contribution in [1.29, 1.82) is 0 Å². The zero-order valence-corrected chi connectivity index (χ0v) is 26.6. The first-order valence-electron chi connectivity index (χ1n) is 14.9. The van der Waals surface area contributed by atoms with E-state index >= 15 is 4.32 Å². The van der Waals surface area contributed by atoms with Crippen LogP contribution in [0.3, 0.4) is 0 Å². The second-order valence-electron chi connectivity index (χ2n) is 12.0. The van der Waals surface area contributed by atoms with Crippen molar-refractivity contribution in [1.82, 2.24) is 4.48 Å². The SMILES string of the molecule is C=c1ccc(-c2c(C)cc(C)cc2C)c/c1=C/C=C(\C)N=c1ccc2cc(-c3c(C)cc(C)cc3C)ccc2n1B(C)F. The normalized spacial score (nSPS) is 12.8.